The Morgan fingerprint density at radius 3 is 2.71 bits per heavy atom. The van der Waals surface area contributed by atoms with Crippen LogP contribution in [-0.4, -0.2) is 9.97 Å². The summed E-state index contributed by atoms with van der Waals surface area (Å²) in [6, 6.07) is 7.90. The second kappa shape index (κ2) is 4.62. The van der Waals surface area contributed by atoms with Crippen LogP contribution in [0.2, 0.25) is 0 Å². The van der Waals surface area contributed by atoms with Crippen molar-refractivity contribution in [3.63, 3.8) is 0 Å². The van der Waals surface area contributed by atoms with Gasteiger partial charge in [0.2, 0.25) is 5.88 Å². The molecule has 0 bridgehead atoms. The number of nitrogens with zero attached hydrogens (tertiary/aromatic N) is 1. The quantitative estimate of drug-likeness (QED) is 0.878. The fourth-order valence-corrected chi connectivity index (χ4v) is 1.52. The number of nitrogens with one attached hydrogen (secondary N) is 1. The number of aromatic amines is 1. The van der Waals surface area contributed by atoms with Crippen LogP contribution in [0.5, 0.6) is 5.88 Å². The molecule has 0 aliphatic carbocycles. The molecule has 3 heteroatoms. The molecule has 2 rings (SSSR count). The van der Waals surface area contributed by atoms with Crippen molar-refractivity contribution in [1.29, 1.82) is 0 Å². The number of hydrogen-bond acceptors (Lipinski definition) is 2. The number of H-pyrrole nitrogens is 1. The minimum Gasteiger partial charge on any atom is -0.473 e. The molecule has 0 fully saturated rings. The van der Waals surface area contributed by atoms with E-state index in [1.165, 1.54) is 0 Å². The van der Waals surface area contributed by atoms with Crippen molar-refractivity contribution in [2.24, 2.45) is 0 Å². The highest BCUT2D eigenvalue weighted by Crippen LogP contribution is 2.22. The first-order valence-electron chi connectivity index (χ1n) is 5.78. The number of hydrogen-bond donors (Lipinski definition) is 1. The van der Waals surface area contributed by atoms with Crippen molar-refractivity contribution in [2.45, 2.75) is 32.8 Å². The molecule has 0 saturated carbocycles. The molecule has 17 heavy (non-hydrogen) atoms. The maximum Gasteiger partial charge on any atom is 0.213 e. The van der Waals surface area contributed by atoms with Gasteiger partial charge in [0.1, 0.15) is 6.61 Å². The highest BCUT2D eigenvalue weighted by molar-refractivity contribution is 5.21. The first kappa shape index (κ1) is 11.7. The van der Waals surface area contributed by atoms with E-state index in [1.807, 2.05) is 36.7 Å². The van der Waals surface area contributed by atoms with E-state index >= 15 is 0 Å². The molecule has 0 amide bonds. The minimum absolute atomic E-state index is 0.0491. The summed E-state index contributed by atoms with van der Waals surface area (Å²) in [7, 11) is 0. The van der Waals surface area contributed by atoms with Crippen LogP contribution in [0.4, 0.5) is 0 Å². The predicted molar refractivity (Wildman–Crippen MR) is 68.1 cm³/mol. The van der Waals surface area contributed by atoms with Crippen molar-refractivity contribution in [3.05, 3.63) is 47.9 Å². The third-order valence-corrected chi connectivity index (χ3v) is 2.54. The average Bonchev–Trinajstić information content (AvgIpc) is 2.78. The molecular weight excluding hydrogens is 212 g/mol. The summed E-state index contributed by atoms with van der Waals surface area (Å²) in [6.07, 6.45) is 3.81. The van der Waals surface area contributed by atoms with Crippen molar-refractivity contribution < 1.29 is 4.74 Å². The maximum atomic E-state index is 5.66. The third-order valence-electron chi connectivity index (χ3n) is 2.54. The van der Waals surface area contributed by atoms with Gasteiger partial charge < -0.3 is 9.72 Å². The fraction of sp³-hybridized carbons (Fsp3) is 0.357. The van der Waals surface area contributed by atoms with Gasteiger partial charge in [-0.05, 0) is 12.1 Å². The average molecular weight is 230 g/mol. The Morgan fingerprint density at radius 1 is 1.24 bits per heavy atom. The molecular formula is C14H18N2O. The van der Waals surface area contributed by atoms with Gasteiger partial charge in [-0.25, -0.2) is 4.98 Å². The molecule has 0 aliphatic rings. The van der Waals surface area contributed by atoms with Gasteiger partial charge in [-0.15, -0.1) is 0 Å². The maximum absolute atomic E-state index is 5.66. The zero-order chi connectivity index (χ0) is 12.3. The normalized spacial score (nSPS) is 11.5. The highest BCUT2D eigenvalue weighted by Gasteiger charge is 2.15. The van der Waals surface area contributed by atoms with E-state index < -0.39 is 0 Å². The molecule has 0 radical (unpaired) electrons. The van der Waals surface area contributed by atoms with E-state index in [-0.39, 0.29) is 5.41 Å². The van der Waals surface area contributed by atoms with E-state index in [0.717, 1.165) is 11.3 Å². The Hall–Kier alpha value is -1.77. The van der Waals surface area contributed by atoms with Crippen LogP contribution in [0.3, 0.4) is 0 Å². The third kappa shape index (κ3) is 3.09. The SMILES string of the molecule is CC(C)(C)c1cccc(OCc2cc[nH]c2)n1. The Kier molecular flexibility index (Phi) is 3.18. The Labute approximate surface area is 102 Å². The zero-order valence-corrected chi connectivity index (χ0v) is 10.5. The van der Waals surface area contributed by atoms with Gasteiger partial charge >= 0.3 is 0 Å². The molecule has 0 saturated heterocycles. The van der Waals surface area contributed by atoms with E-state index in [9.17, 15) is 0 Å². The van der Waals surface area contributed by atoms with Gasteiger partial charge in [-0.3, -0.25) is 0 Å². The number of rotatable bonds is 3. The lowest BCUT2D eigenvalue weighted by Crippen LogP contribution is -2.13. The van der Waals surface area contributed by atoms with E-state index in [0.29, 0.717) is 12.5 Å². The van der Waals surface area contributed by atoms with Gasteiger partial charge in [0, 0.05) is 35.1 Å². The van der Waals surface area contributed by atoms with Crippen molar-refractivity contribution in [1.82, 2.24) is 9.97 Å². The summed E-state index contributed by atoms with van der Waals surface area (Å²) in [4.78, 5) is 7.51. The Balaban J connectivity index is 2.07. The van der Waals surface area contributed by atoms with E-state index in [4.69, 9.17) is 4.74 Å². The lowest BCUT2D eigenvalue weighted by atomic mass is 9.92. The topological polar surface area (TPSA) is 37.9 Å². The lowest BCUT2D eigenvalue weighted by molar-refractivity contribution is 0.291. The van der Waals surface area contributed by atoms with Crippen LogP contribution in [0.1, 0.15) is 32.0 Å². The summed E-state index contributed by atoms with van der Waals surface area (Å²) in [5.41, 5.74) is 2.21. The Morgan fingerprint density at radius 2 is 2.06 bits per heavy atom. The molecule has 2 aromatic rings. The number of aromatic nitrogens is 2. The molecule has 0 aliphatic heterocycles. The lowest BCUT2D eigenvalue weighted by Gasteiger charge is -2.18. The fourth-order valence-electron chi connectivity index (χ4n) is 1.52. The number of ether oxygens (including phenoxy) is 1. The predicted octanol–water partition coefficient (Wildman–Crippen LogP) is 3.29. The van der Waals surface area contributed by atoms with Crippen molar-refractivity contribution >= 4 is 0 Å². The monoisotopic (exact) mass is 230 g/mol. The molecule has 0 atom stereocenters. The largest absolute Gasteiger partial charge is 0.473 e. The summed E-state index contributed by atoms with van der Waals surface area (Å²) in [6.45, 7) is 6.98. The molecule has 90 valence electrons. The van der Waals surface area contributed by atoms with Crippen LogP contribution in [0.25, 0.3) is 0 Å². The Bertz CT molecular complexity index is 469. The van der Waals surface area contributed by atoms with Crippen LogP contribution in [0.15, 0.2) is 36.7 Å². The van der Waals surface area contributed by atoms with Gasteiger partial charge in [-0.2, -0.15) is 0 Å². The van der Waals surface area contributed by atoms with Crippen molar-refractivity contribution in [2.75, 3.05) is 0 Å². The molecule has 1 N–H and O–H groups in total. The second-order valence-electron chi connectivity index (χ2n) is 5.12. The van der Waals surface area contributed by atoms with Crippen LogP contribution >= 0.6 is 0 Å². The van der Waals surface area contributed by atoms with Crippen LogP contribution in [0, 0.1) is 0 Å². The molecule has 0 unspecified atom stereocenters. The first-order chi connectivity index (χ1) is 8.05. The van der Waals surface area contributed by atoms with E-state index in [1.54, 1.807) is 0 Å². The van der Waals surface area contributed by atoms with Crippen LogP contribution < -0.4 is 4.74 Å². The molecule has 2 aromatic heterocycles. The summed E-state index contributed by atoms with van der Waals surface area (Å²) in [5.74, 6) is 0.679. The smallest absolute Gasteiger partial charge is 0.213 e. The molecule has 3 nitrogen and oxygen atoms in total. The summed E-state index contributed by atoms with van der Waals surface area (Å²) < 4.78 is 5.66. The zero-order valence-electron chi connectivity index (χ0n) is 10.5. The standard InChI is InChI=1S/C14H18N2O/c1-14(2,3)12-5-4-6-13(16-12)17-10-11-7-8-15-9-11/h4-9,15H,10H2,1-3H3. The van der Waals surface area contributed by atoms with Crippen LogP contribution in [-0.2, 0) is 12.0 Å². The van der Waals surface area contributed by atoms with Crippen molar-refractivity contribution in [3.8, 4) is 5.88 Å². The molecule has 0 spiro atoms. The summed E-state index contributed by atoms with van der Waals surface area (Å²) >= 11 is 0. The molecule has 0 aromatic carbocycles. The van der Waals surface area contributed by atoms with E-state index in [2.05, 4.69) is 30.7 Å². The number of pyridine rings is 1. The second-order valence-corrected chi connectivity index (χ2v) is 5.12. The summed E-state index contributed by atoms with van der Waals surface area (Å²) in [5, 5.41) is 0. The van der Waals surface area contributed by atoms with Gasteiger partial charge in [0.05, 0.1) is 0 Å². The first-order valence-corrected chi connectivity index (χ1v) is 5.78. The van der Waals surface area contributed by atoms with Gasteiger partial charge in [-0.1, -0.05) is 26.8 Å². The van der Waals surface area contributed by atoms with Gasteiger partial charge in [0.25, 0.3) is 0 Å². The minimum atomic E-state index is 0.0491. The highest BCUT2D eigenvalue weighted by atomic mass is 16.5. The van der Waals surface area contributed by atoms with Gasteiger partial charge in [0.15, 0.2) is 0 Å². The molecule has 2 heterocycles.